The van der Waals surface area contributed by atoms with Crippen LogP contribution in [0.5, 0.6) is 17.2 Å². The van der Waals surface area contributed by atoms with Gasteiger partial charge in [0.05, 0.1) is 5.41 Å². The minimum atomic E-state index is -5.10. The molecular formula is C26H25F3N2O6S. The summed E-state index contributed by atoms with van der Waals surface area (Å²) in [6.45, 7) is 1.88. The number of halogens is 3. The Hall–Kier alpha value is -3.77. The Labute approximate surface area is 218 Å². The van der Waals surface area contributed by atoms with E-state index < -0.39 is 32.4 Å². The van der Waals surface area contributed by atoms with Gasteiger partial charge in [-0.05, 0) is 85.5 Å². The second kappa shape index (κ2) is 9.21. The number of sulfonamides is 1. The lowest BCUT2D eigenvalue weighted by molar-refractivity contribution is -0.275. The second-order valence-electron chi connectivity index (χ2n) is 9.05. The van der Waals surface area contributed by atoms with E-state index in [-0.39, 0.29) is 19.7 Å². The highest BCUT2D eigenvalue weighted by Gasteiger charge is 2.51. The molecule has 3 aromatic rings. The van der Waals surface area contributed by atoms with Gasteiger partial charge in [0, 0.05) is 7.11 Å². The van der Waals surface area contributed by atoms with Crippen LogP contribution in [0.15, 0.2) is 59.5 Å². The van der Waals surface area contributed by atoms with Gasteiger partial charge in [-0.2, -0.15) is 0 Å². The molecule has 0 unspecified atom stereocenters. The van der Waals surface area contributed by atoms with Gasteiger partial charge in [-0.1, -0.05) is 18.2 Å². The van der Waals surface area contributed by atoms with Crippen molar-refractivity contribution in [2.24, 2.45) is 0 Å². The summed E-state index contributed by atoms with van der Waals surface area (Å²) in [5, 5.41) is 2.92. The van der Waals surface area contributed by atoms with Crippen LogP contribution in [-0.4, -0.2) is 34.5 Å². The van der Waals surface area contributed by atoms with Crippen molar-refractivity contribution < 1.29 is 42.0 Å². The van der Waals surface area contributed by atoms with E-state index in [0.29, 0.717) is 41.2 Å². The normalized spacial score (nSPS) is 15.7. The van der Waals surface area contributed by atoms with Crippen LogP contribution in [0.2, 0.25) is 0 Å². The Kier molecular flexibility index (Phi) is 6.27. The summed E-state index contributed by atoms with van der Waals surface area (Å²) in [6.07, 6.45) is -3.80. The summed E-state index contributed by atoms with van der Waals surface area (Å²) in [6, 6.07) is 13.9. The fourth-order valence-corrected chi connectivity index (χ4v) is 5.27. The number of anilines is 1. The predicted molar refractivity (Wildman–Crippen MR) is 134 cm³/mol. The Balaban J connectivity index is 0.00000353. The van der Waals surface area contributed by atoms with Gasteiger partial charge in [0.2, 0.25) is 22.7 Å². The van der Waals surface area contributed by atoms with Crippen molar-refractivity contribution in [3.8, 4) is 28.4 Å². The molecule has 0 radical (unpaired) electrons. The number of carbonyl (C=O) groups is 1. The third-order valence-electron chi connectivity index (χ3n) is 6.64. The van der Waals surface area contributed by atoms with Crippen molar-refractivity contribution in [1.29, 1.82) is 0 Å². The van der Waals surface area contributed by atoms with Crippen LogP contribution in [0.4, 0.5) is 18.9 Å². The third kappa shape index (κ3) is 4.88. The predicted octanol–water partition coefficient (Wildman–Crippen LogP) is 5.11. The molecule has 0 bridgehead atoms. The summed E-state index contributed by atoms with van der Waals surface area (Å²) in [7, 11) is -3.13. The Morgan fingerprint density at radius 1 is 1.03 bits per heavy atom. The first-order valence-electron chi connectivity index (χ1n) is 11.6. The third-order valence-corrected chi connectivity index (χ3v) is 8.10. The summed E-state index contributed by atoms with van der Waals surface area (Å²) in [4.78, 5) is 12.7. The van der Waals surface area contributed by atoms with Crippen molar-refractivity contribution in [1.82, 2.24) is 4.72 Å². The van der Waals surface area contributed by atoms with Crippen molar-refractivity contribution in [2.75, 3.05) is 19.2 Å². The number of nitrogens with one attached hydrogen (secondary N) is 2. The van der Waals surface area contributed by atoms with Crippen LogP contribution in [0.3, 0.4) is 0 Å². The highest BCUT2D eigenvalue weighted by molar-refractivity contribution is 7.89. The molecule has 3 aromatic carbocycles. The lowest BCUT2D eigenvalue weighted by Crippen LogP contribution is -2.27. The van der Waals surface area contributed by atoms with E-state index in [1.807, 2.05) is 10.8 Å². The first-order valence-corrected chi connectivity index (χ1v) is 13.1. The van der Waals surface area contributed by atoms with E-state index in [0.717, 1.165) is 24.7 Å². The topological polar surface area (TPSA) is 103 Å². The summed E-state index contributed by atoms with van der Waals surface area (Å²) >= 11 is 0. The van der Waals surface area contributed by atoms with Crippen LogP contribution in [0.25, 0.3) is 11.1 Å². The molecule has 0 spiro atoms. The summed E-state index contributed by atoms with van der Waals surface area (Å²) in [5.74, 6) is 0.121. The fraction of sp³-hybridized carbons (Fsp3) is 0.269. The lowest BCUT2D eigenvalue weighted by atomic mass is 9.94. The van der Waals surface area contributed by atoms with Gasteiger partial charge in [-0.3, -0.25) is 4.79 Å². The van der Waals surface area contributed by atoms with Crippen LogP contribution in [0.1, 0.15) is 25.4 Å². The minimum absolute atomic E-state index is 0. The number of carbonyl (C=O) groups excluding carboxylic acids is 1. The maximum atomic E-state index is 13.3. The largest absolute Gasteiger partial charge is 0.573 e. The monoisotopic (exact) mass is 550 g/mol. The van der Waals surface area contributed by atoms with Gasteiger partial charge < -0.3 is 19.5 Å². The Morgan fingerprint density at radius 3 is 2.45 bits per heavy atom. The molecule has 38 heavy (non-hydrogen) atoms. The fourth-order valence-electron chi connectivity index (χ4n) is 4.44. The van der Waals surface area contributed by atoms with Crippen molar-refractivity contribution in [3.63, 3.8) is 0 Å². The van der Waals surface area contributed by atoms with Crippen LogP contribution >= 0.6 is 0 Å². The molecule has 0 aromatic heterocycles. The lowest BCUT2D eigenvalue weighted by Gasteiger charge is -2.18. The Bertz CT molecular complexity index is 1540. The maximum Gasteiger partial charge on any atom is 0.573 e. The van der Waals surface area contributed by atoms with Gasteiger partial charge in [0.25, 0.3) is 0 Å². The Morgan fingerprint density at radius 2 is 1.76 bits per heavy atom. The maximum absolute atomic E-state index is 13.3. The zero-order valence-corrected chi connectivity index (χ0v) is 21.1. The SMILES string of the molecule is CNS(=O)(=O)c1ccc(-c2cc(NC(=O)C3(c4ccc5c(c4)OCO5)CC3)ccc2C)cc1OC(F)(F)F.[HH]. The van der Waals surface area contributed by atoms with Crippen molar-refractivity contribution in [2.45, 2.75) is 36.4 Å². The molecule has 1 aliphatic heterocycles. The van der Waals surface area contributed by atoms with Crippen LogP contribution in [-0.2, 0) is 20.2 Å². The molecule has 1 aliphatic carbocycles. The van der Waals surface area contributed by atoms with E-state index in [1.165, 1.54) is 6.07 Å². The van der Waals surface area contributed by atoms with Gasteiger partial charge >= 0.3 is 6.36 Å². The molecule has 202 valence electrons. The van der Waals surface area contributed by atoms with Crippen LogP contribution in [0, 0.1) is 6.92 Å². The van der Waals surface area contributed by atoms with E-state index in [1.54, 1.807) is 37.3 Å². The molecule has 2 N–H and O–H groups in total. The molecule has 1 fully saturated rings. The quantitative estimate of drug-likeness (QED) is 0.424. The molecule has 0 saturated heterocycles. The highest BCUT2D eigenvalue weighted by atomic mass is 32.2. The zero-order valence-electron chi connectivity index (χ0n) is 20.3. The minimum Gasteiger partial charge on any atom is -0.454 e. The number of benzene rings is 3. The van der Waals surface area contributed by atoms with E-state index in [9.17, 15) is 26.4 Å². The summed E-state index contributed by atoms with van der Waals surface area (Å²) < 4.78 is 80.5. The molecule has 8 nitrogen and oxygen atoms in total. The summed E-state index contributed by atoms with van der Waals surface area (Å²) in [5.41, 5.74) is 2.00. The highest BCUT2D eigenvalue weighted by Crippen LogP contribution is 2.51. The number of rotatable bonds is 7. The van der Waals surface area contributed by atoms with E-state index in [2.05, 4.69) is 10.1 Å². The first kappa shape index (κ1) is 25.9. The molecule has 1 amide bonds. The molecule has 1 saturated carbocycles. The molecule has 12 heteroatoms. The van der Waals surface area contributed by atoms with Gasteiger partial charge in [-0.15, -0.1) is 13.2 Å². The molecule has 1 heterocycles. The molecule has 0 atom stereocenters. The standard InChI is InChI=1S/C26H23F3N2O6S.H2/c1-15-3-6-18(31-24(32)25(9-10-25)17-5-7-20-21(12-17)36-14-35-20)13-19(15)16-4-8-23(38(33,34)30-2)22(11-16)37-26(27,28)29;/h3-8,11-13,30H,9-10,14H2,1-2H3,(H,31,32);1H. The number of amides is 1. The van der Waals surface area contributed by atoms with Gasteiger partial charge in [-0.25, -0.2) is 13.1 Å². The van der Waals surface area contributed by atoms with Crippen LogP contribution < -0.4 is 24.2 Å². The average molecular weight is 551 g/mol. The zero-order chi connectivity index (χ0) is 27.3. The average Bonchev–Trinajstić information content (AvgIpc) is 3.54. The molecule has 5 rings (SSSR count). The first-order chi connectivity index (χ1) is 17.9. The van der Waals surface area contributed by atoms with E-state index >= 15 is 0 Å². The number of hydrogen-bond donors (Lipinski definition) is 2. The van der Waals surface area contributed by atoms with E-state index in [4.69, 9.17) is 9.47 Å². The number of fused-ring (bicyclic) bond motifs is 1. The number of aryl methyl sites for hydroxylation is 1. The molecule has 2 aliphatic rings. The second-order valence-corrected chi connectivity index (χ2v) is 10.9. The smallest absolute Gasteiger partial charge is 0.454 e. The number of ether oxygens (including phenoxy) is 3. The van der Waals surface area contributed by atoms with Gasteiger partial charge in [0.1, 0.15) is 10.6 Å². The van der Waals surface area contributed by atoms with Crippen molar-refractivity contribution >= 4 is 21.6 Å². The van der Waals surface area contributed by atoms with Crippen molar-refractivity contribution in [3.05, 3.63) is 65.7 Å². The number of hydrogen-bond acceptors (Lipinski definition) is 6. The number of alkyl halides is 3. The van der Waals surface area contributed by atoms with Gasteiger partial charge in [0.15, 0.2) is 11.5 Å². The molecular weight excluding hydrogens is 525 g/mol.